The molecule has 53 heavy (non-hydrogen) atoms. The Balaban J connectivity index is 1.39. The Bertz CT molecular complexity index is 2110. The van der Waals surface area contributed by atoms with Crippen molar-refractivity contribution in [1.29, 1.82) is 0 Å². The van der Waals surface area contributed by atoms with Crippen LogP contribution in [0.3, 0.4) is 0 Å². The summed E-state index contributed by atoms with van der Waals surface area (Å²) in [5, 5.41) is 2.34. The maximum atomic E-state index is 11.5. The van der Waals surface area contributed by atoms with Crippen molar-refractivity contribution in [2.75, 3.05) is 26.4 Å². The third-order valence-corrected chi connectivity index (χ3v) is 10.1. The maximum absolute atomic E-state index is 11.5. The van der Waals surface area contributed by atoms with E-state index in [0.29, 0.717) is 11.5 Å². The number of hydrogen-bond acceptors (Lipinski definition) is 6. The summed E-state index contributed by atoms with van der Waals surface area (Å²) in [7, 11) is 0. The Labute approximate surface area is 309 Å². The van der Waals surface area contributed by atoms with Gasteiger partial charge in [-0.2, -0.15) is 0 Å². The van der Waals surface area contributed by atoms with Gasteiger partial charge < -0.3 is 18.9 Å². The molecule has 0 radical (unpaired) electrons. The fourth-order valence-electron chi connectivity index (χ4n) is 7.74. The first-order chi connectivity index (χ1) is 26.0. The number of ether oxygens (including phenoxy) is 4. The van der Waals surface area contributed by atoms with Gasteiger partial charge in [0.2, 0.25) is 0 Å². The lowest BCUT2D eigenvalue weighted by Gasteiger charge is -2.37. The second kappa shape index (κ2) is 15.5. The average molecular weight is 701 g/mol. The molecule has 0 fully saturated rings. The first-order valence-electron chi connectivity index (χ1n) is 17.7. The zero-order chi connectivity index (χ0) is 36.7. The van der Waals surface area contributed by atoms with Crippen LogP contribution in [0.2, 0.25) is 0 Å². The van der Waals surface area contributed by atoms with Gasteiger partial charge in [0.15, 0.2) is 0 Å². The minimum absolute atomic E-state index is 0.124. The van der Waals surface area contributed by atoms with E-state index in [9.17, 15) is 9.59 Å². The molecule has 1 aliphatic rings. The van der Waals surface area contributed by atoms with Crippen LogP contribution in [-0.4, -0.2) is 38.4 Å². The molecule has 0 aromatic heterocycles. The molecule has 0 unspecified atom stereocenters. The highest BCUT2D eigenvalue weighted by molar-refractivity contribution is 5.87. The third-order valence-electron chi connectivity index (χ3n) is 10.1. The molecule has 0 N–H and O–H groups in total. The second-order valence-corrected chi connectivity index (χ2v) is 13.0. The topological polar surface area (TPSA) is 71.1 Å². The Morgan fingerprint density at radius 2 is 0.849 bits per heavy atom. The van der Waals surface area contributed by atoms with Gasteiger partial charge in [-0.1, -0.05) is 122 Å². The van der Waals surface area contributed by atoms with Crippen LogP contribution < -0.4 is 9.47 Å². The number of fused-ring (bicyclic) bond motifs is 2. The molecule has 0 saturated heterocycles. The molecule has 0 spiro atoms. The zero-order valence-electron chi connectivity index (χ0n) is 29.4. The summed E-state index contributed by atoms with van der Waals surface area (Å²) in [4.78, 5) is 23.0. The van der Waals surface area contributed by atoms with E-state index >= 15 is 0 Å². The molecule has 7 rings (SSSR count). The van der Waals surface area contributed by atoms with E-state index in [1.165, 1.54) is 27.6 Å². The van der Waals surface area contributed by atoms with Crippen molar-refractivity contribution in [2.24, 2.45) is 0 Å². The lowest BCUT2D eigenvalue weighted by molar-refractivity contribution is -0.139. The van der Waals surface area contributed by atoms with Crippen LogP contribution in [0.5, 0.6) is 11.5 Å². The molecular weight excluding hydrogens is 661 g/mol. The van der Waals surface area contributed by atoms with Crippen molar-refractivity contribution >= 4 is 22.7 Å². The van der Waals surface area contributed by atoms with Crippen molar-refractivity contribution in [1.82, 2.24) is 0 Å². The summed E-state index contributed by atoms with van der Waals surface area (Å²) in [6, 6.07) is 51.4. The number of rotatable bonds is 14. The van der Waals surface area contributed by atoms with Crippen molar-refractivity contribution in [2.45, 2.75) is 17.3 Å². The van der Waals surface area contributed by atoms with Gasteiger partial charge in [0.1, 0.15) is 37.9 Å². The zero-order valence-corrected chi connectivity index (χ0v) is 29.4. The molecular formula is C47H40O6. The minimum Gasteiger partial charge on any atom is -0.490 e. The highest BCUT2D eigenvalue weighted by Crippen LogP contribution is 2.62. The summed E-state index contributed by atoms with van der Waals surface area (Å²) in [6.45, 7) is 7.58. The van der Waals surface area contributed by atoms with E-state index < -0.39 is 22.8 Å². The van der Waals surface area contributed by atoms with Gasteiger partial charge in [-0.05, 0) is 87.0 Å². The minimum atomic E-state index is -0.610. The summed E-state index contributed by atoms with van der Waals surface area (Å²) < 4.78 is 22.2. The van der Waals surface area contributed by atoms with Gasteiger partial charge in [0.25, 0.3) is 0 Å². The van der Waals surface area contributed by atoms with Crippen LogP contribution in [0.4, 0.5) is 0 Å². The first kappa shape index (κ1) is 35.0. The predicted molar refractivity (Wildman–Crippen MR) is 207 cm³/mol. The van der Waals surface area contributed by atoms with E-state index in [-0.39, 0.29) is 26.4 Å². The molecule has 6 aromatic carbocycles. The number of carbonyl (C=O) groups is 2. The lowest BCUT2D eigenvalue weighted by Crippen LogP contribution is -2.33. The van der Waals surface area contributed by atoms with Gasteiger partial charge in [-0.25, -0.2) is 9.59 Å². The summed E-state index contributed by atoms with van der Waals surface area (Å²) in [5.74, 6) is 0.388. The molecule has 6 aromatic rings. The lowest BCUT2D eigenvalue weighted by atomic mass is 9.64. The molecule has 0 heterocycles. The summed E-state index contributed by atoms with van der Waals surface area (Å²) >= 11 is 0. The third kappa shape index (κ3) is 6.84. The van der Waals surface area contributed by atoms with E-state index in [2.05, 4.69) is 134 Å². The quantitative estimate of drug-likeness (QED) is 0.0642. The highest BCUT2D eigenvalue weighted by Gasteiger charge is 2.55. The normalized spacial score (nSPS) is 13.7. The van der Waals surface area contributed by atoms with Gasteiger partial charge in [0.05, 0.1) is 0 Å². The number of carbonyl (C=O) groups excluding carboxylic acids is 2. The van der Waals surface area contributed by atoms with Gasteiger partial charge in [-0.15, -0.1) is 0 Å². The molecule has 6 nitrogen and oxygen atoms in total. The Morgan fingerprint density at radius 1 is 0.491 bits per heavy atom. The van der Waals surface area contributed by atoms with Crippen LogP contribution in [-0.2, 0) is 29.9 Å². The number of benzene rings is 6. The highest BCUT2D eigenvalue weighted by atomic mass is 16.6. The Morgan fingerprint density at radius 3 is 1.23 bits per heavy atom. The second-order valence-electron chi connectivity index (χ2n) is 13.0. The molecule has 0 aliphatic heterocycles. The van der Waals surface area contributed by atoms with Crippen molar-refractivity contribution in [3.63, 3.8) is 0 Å². The van der Waals surface area contributed by atoms with Crippen LogP contribution in [0.1, 0.15) is 39.8 Å². The summed E-state index contributed by atoms with van der Waals surface area (Å²) in [5.41, 5.74) is 6.01. The molecule has 0 amide bonds. The molecule has 1 aliphatic carbocycles. The standard InChI is InChI=1S/C47H40O6/c1-3-44(48)52-29-27-50-40-23-19-38(20-24-40)47(39-21-25-41(26-22-39)51-28-30-53-45(49)4-2)33-46(36-15-7-5-8-16-36,37-17-9-6-10-18-37)42-31-34-13-11-12-14-35(34)32-43(42)47/h3-26,31-32H,1-2,27-30,33H2. The van der Waals surface area contributed by atoms with Crippen LogP contribution in [0, 0.1) is 0 Å². The predicted octanol–water partition coefficient (Wildman–Crippen LogP) is 9.13. The van der Waals surface area contributed by atoms with E-state index in [1.54, 1.807) is 0 Å². The van der Waals surface area contributed by atoms with E-state index in [1.807, 2.05) is 24.3 Å². The molecule has 6 heteroatoms. The SMILES string of the molecule is C=CC(=O)OCCOc1ccc(C2(c3ccc(OCCOC(=O)C=C)cc3)CC(c3ccccc3)(c3ccccc3)c3cc4ccccc4cc32)cc1. The van der Waals surface area contributed by atoms with Gasteiger partial charge in [-0.3, -0.25) is 0 Å². The van der Waals surface area contributed by atoms with Crippen molar-refractivity contribution in [3.05, 3.63) is 204 Å². The van der Waals surface area contributed by atoms with Crippen LogP contribution in [0.15, 0.2) is 171 Å². The summed E-state index contributed by atoms with van der Waals surface area (Å²) in [6.07, 6.45) is 3.00. The monoisotopic (exact) mass is 700 g/mol. The van der Waals surface area contributed by atoms with Gasteiger partial charge >= 0.3 is 11.9 Å². The van der Waals surface area contributed by atoms with Crippen molar-refractivity contribution < 1.29 is 28.5 Å². The first-order valence-corrected chi connectivity index (χ1v) is 17.7. The fraction of sp³-hybridized carbons (Fsp3) is 0.149. The number of esters is 2. The van der Waals surface area contributed by atoms with E-state index in [0.717, 1.165) is 35.1 Å². The molecule has 0 atom stereocenters. The molecule has 0 saturated carbocycles. The van der Waals surface area contributed by atoms with Gasteiger partial charge in [0, 0.05) is 23.0 Å². The molecule has 264 valence electrons. The van der Waals surface area contributed by atoms with Crippen molar-refractivity contribution in [3.8, 4) is 11.5 Å². The smallest absolute Gasteiger partial charge is 0.330 e. The molecule has 0 bridgehead atoms. The van der Waals surface area contributed by atoms with E-state index in [4.69, 9.17) is 18.9 Å². The fourth-order valence-corrected chi connectivity index (χ4v) is 7.74. The largest absolute Gasteiger partial charge is 0.490 e. The number of hydrogen-bond donors (Lipinski definition) is 0. The van der Waals surface area contributed by atoms with Crippen LogP contribution >= 0.6 is 0 Å². The Kier molecular flexibility index (Phi) is 10.2. The average Bonchev–Trinajstić information content (AvgIpc) is 3.52. The Hall–Kier alpha value is -6.40. The maximum Gasteiger partial charge on any atom is 0.330 e. The van der Waals surface area contributed by atoms with Crippen LogP contribution in [0.25, 0.3) is 10.8 Å².